The van der Waals surface area contributed by atoms with Crippen LogP contribution in [0.2, 0.25) is 0 Å². The third-order valence-electron chi connectivity index (χ3n) is 2.59. The summed E-state index contributed by atoms with van der Waals surface area (Å²) in [5.74, 6) is -0.00323. The number of rotatable bonds is 2. The Morgan fingerprint density at radius 3 is 2.74 bits per heavy atom. The molecule has 2 rings (SSSR count). The number of aryl methyl sites for hydroxylation is 2. The molecule has 0 radical (unpaired) electrons. The first-order chi connectivity index (χ1) is 8.97. The number of hydrogen-bond acceptors (Lipinski definition) is 3. The highest BCUT2D eigenvalue weighted by Crippen LogP contribution is 2.20. The van der Waals surface area contributed by atoms with E-state index in [1.165, 1.54) is 6.20 Å². The van der Waals surface area contributed by atoms with Gasteiger partial charge in [-0.05, 0) is 37.6 Å². The van der Waals surface area contributed by atoms with E-state index >= 15 is 0 Å². The van der Waals surface area contributed by atoms with Gasteiger partial charge in [0.05, 0.1) is 0 Å². The third-order valence-corrected chi connectivity index (χ3v) is 3.48. The van der Waals surface area contributed by atoms with Gasteiger partial charge in [-0.3, -0.25) is 9.59 Å². The molecule has 1 heterocycles. The van der Waals surface area contributed by atoms with Crippen LogP contribution in [0.15, 0.2) is 33.7 Å². The molecule has 6 heteroatoms. The van der Waals surface area contributed by atoms with E-state index in [0.29, 0.717) is 11.5 Å². The monoisotopic (exact) mass is 321 g/mol. The van der Waals surface area contributed by atoms with Gasteiger partial charge in [0.1, 0.15) is 11.4 Å². The molecule has 2 aromatic rings. The number of aromatic amines is 1. The molecule has 0 fully saturated rings. The molecule has 1 aromatic carbocycles. The summed E-state index contributed by atoms with van der Waals surface area (Å²) < 4.78 is 0.959. The molecule has 0 unspecified atom stereocenters. The summed E-state index contributed by atoms with van der Waals surface area (Å²) >= 11 is 3.38. The molecule has 0 aliphatic heterocycles. The minimum absolute atomic E-state index is 0.00817. The molecule has 1 amide bonds. The van der Waals surface area contributed by atoms with Gasteiger partial charge < -0.3 is 10.3 Å². The summed E-state index contributed by atoms with van der Waals surface area (Å²) in [4.78, 5) is 30.0. The second kappa shape index (κ2) is 5.36. The predicted molar refractivity (Wildman–Crippen MR) is 76.4 cm³/mol. The number of nitrogens with zero attached hydrogens (tertiary/aromatic N) is 1. The van der Waals surface area contributed by atoms with Crippen LogP contribution in [0, 0.1) is 13.8 Å². The number of anilines is 1. The number of amides is 1. The van der Waals surface area contributed by atoms with Gasteiger partial charge >= 0.3 is 0 Å². The van der Waals surface area contributed by atoms with E-state index in [9.17, 15) is 9.59 Å². The molecule has 98 valence electrons. The minimum atomic E-state index is -0.476. The lowest BCUT2D eigenvalue weighted by Gasteiger charge is -2.06. The highest BCUT2D eigenvalue weighted by molar-refractivity contribution is 9.10. The number of carbonyl (C=O) groups is 1. The first-order valence-corrected chi connectivity index (χ1v) is 6.40. The fourth-order valence-electron chi connectivity index (χ4n) is 1.57. The van der Waals surface area contributed by atoms with Crippen molar-refractivity contribution in [2.75, 3.05) is 5.32 Å². The van der Waals surface area contributed by atoms with Crippen LogP contribution in [-0.2, 0) is 0 Å². The van der Waals surface area contributed by atoms with Crippen molar-refractivity contribution in [1.29, 1.82) is 0 Å². The van der Waals surface area contributed by atoms with Crippen LogP contribution in [-0.4, -0.2) is 15.9 Å². The molecule has 0 aliphatic rings. The maximum atomic E-state index is 12.0. The Morgan fingerprint density at radius 1 is 1.37 bits per heavy atom. The second-order valence-corrected chi connectivity index (χ2v) is 4.98. The fraction of sp³-hybridized carbons (Fsp3) is 0.154. The number of hydrogen-bond donors (Lipinski definition) is 2. The second-order valence-electron chi connectivity index (χ2n) is 4.13. The predicted octanol–water partition coefficient (Wildman–Crippen LogP) is 2.40. The molecule has 0 bridgehead atoms. The first kappa shape index (κ1) is 13.5. The normalized spacial score (nSPS) is 10.3. The summed E-state index contributed by atoms with van der Waals surface area (Å²) in [6.07, 6.45) is 1.27. The smallest absolute Gasteiger partial charge is 0.263 e. The third kappa shape index (κ3) is 3.08. The Morgan fingerprint density at radius 2 is 2.11 bits per heavy atom. The van der Waals surface area contributed by atoms with Crippen molar-refractivity contribution in [2.24, 2.45) is 0 Å². The first-order valence-electron chi connectivity index (χ1n) is 5.61. The van der Waals surface area contributed by atoms with Crippen LogP contribution in [0.5, 0.6) is 0 Å². The number of carbonyl (C=O) groups excluding carboxylic acids is 1. The van der Waals surface area contributed by atoms with E-state index in [4.69, 9.17) is 0 Å². The van der Waals surface area contributed by atoms with E-state index in [-0.39, 0.29) is 5.56 Å². The minimum Gasteiger partial charge on any atom is -0.322 e. The van der Waals surface area contributed by atoms with Gasteiger partial charge in [0, 0.05) is 16.4 Å². The number of halogens is 1. The Kier molecular flexibility index (Phi) is 3.80. The van der Waals surface area contributed by atoms with Gasteiger partial charge in [0.25, 0.3) is 11.5 Å². The molecule has 19 heavy (non-hydrogen) atoms. The van der Waals surface area contributed by atoms with Crippen molar-refractivity contribution in [3.63, 3.8) is 0 Å². The van der Waals surface area contributed by atoms with Gasteiger partial charge in [0.15, 0.2) is 0 Å². The summed E-state index contributed by atoms with van der Waals surface area (Å²) in [5, 5.41) is 2.67. The Labute approximate surface area is 118 Å². The molecular weight excluding hydrogens is 310 g/mol. The number of benzene rings is 1. The fourth-order valence-corrected chi connectivity index (χ4v) is 1.81. The number of aromatic nitrogens is 2. The lowest BCUT2D eigenvalue weighted by atomic mass is 10.2. The standard InChI is InChI=1S/C13H12BrN3O2/c1-7-5-9(3-4-11(7)14)17-13(19)10-6-15-8(2)16-12(10)18/h3-6H,1-2H3,(H,17,19)(H,15,16,18). The van der Waals surface area contributed by atoms with Crippen molar-refractivity contribution >= 4 is 27.5 Å². The topological polar surface area (TPSA) is 74.8 Å². The Hall–Kier alpha value is -1.95. The van der Waals surface area contributed by atoms with Crippen LogP contribution in [0.1, 0.15) is 21.7 Å². The molecule has 0 spiro atoms. The average molecular weight is 322 g/mol. The molecule has 0 saturated heterocycles. The van der Waals surface area contributed by atoms with E-state index < -0.39 is 11.5 Å². The summed E-state index contributed by atoms with van der Waals surface area (Å²) in [6.45, 7) is 3.57. The number of H-pyrrole nitrogens is 1. The Balaban J connectivity index is 2.25. The maximum absolute atomic E-state index is 12.0. The van der Waals surface area contributed by atoms with Crippen LogP contribution in [0.4, 0.5) is 5.69 Å². The lowest BCUT2D eigenvalue weighted by Crippen LogP contribution is -2.24. The van der Waals surface area contributed by atoms with Gasteiger partial charge in [-0.15, -0.1) is 0 Å². The zero-order chi connectivity index (χ0) is 14.0. The van der Waals surface area contributed by atoms with Crippen molar-refractivity contribution in [3.05, 3.63) is 56.2 Å². The van der Waals surface area contributed by atoms with Gasteiger partial charge in [0.2, 0.25) is 0 Å². The van der Waals surface area contributed by atoms with Crippen molar-refractivity contribution in [2.45, 2.75) is 13.8 Å². The molecule has 0 atom stereocenters. The van der Waals surface area contributed by atoms with Gasteiger partial charge in [-0.25, -0.2) is 4.98 Å². The highest BCUT2D eigenvalue weighted by atomic mass is 79.9. The Bertz CT molecular complexity index is 695. The zero-order valence-electron chi connectivity index (χ0n) is 10.5. The van der Waals surface area contributed by atoms with Crippen LogP contribution < -0.4 is 10.9 Å². The molecule has 5 nitrogen and oxygen atoms in total. The number of nitrogens with one attached hydrogen (secondary N) is 2. The van der Waals surface area contributed by atoms with Crippen molar-refractivity contribution in [3.8, 4) is 0 Å². The summed E-state index contributed by atoms with van der Waals surface area (Å²) in [5.41, 5.74) is 1.17. The molecular formula is C13H12BrN3O2. The highest BCUT2D eigenvalue weighted by Gasteiger charge is 2.11. The molecule has 0 aliphatic carbocycles. The summed E-state index contributed by atoms with van der Waals surface area (Å²) in [7, 11) is 0. The van der Waals surface area contributed by atoms with E-state index in [1.807, 2.05) is 19.1 Å². The van der Waals surface area contributed by atoms with Crippen LogP contribution >= 0.6 is 15.9 Å². The van der Waals surface area contributed by atoms with E-state index in [2.05, 4.69) is 31.2 Å². The van der Waals surface area contributed by atoms with Crippen molar-refractivity contribution in [1.82, 2.24) is 9.97 Å². The quantitative estimate of drug-likeness (QED) is 0.891. The van der Waals surface area contributed by atoms with Crippen molar-refractivity contribution < 1.29 is 4.79 Å². The van der Waals surface area contributed by atoms with Crippen LogP contribution in [0.3, 0.4) is 0 Å². The van der Waals surface area contributed by atoms with E-state index in [1.54, 1.807) is 13.0 Å². The van der Waals surface area contributed by atoms with E-state index in [0.717, 1.165) is 10.0 Å². The molecule has 0 saturated carbocycles. The maximum Gasteiger partial charge on any atom is 0.263 e. The lowest BCUT2D eigenvalue weighted by molar-refractivity contribution is 0.102. The van der Waals surface area contributed by atoms with Crippen LogP contribution in [0.25, 0.3) is 0 Å². The zero-order valence-corrected chi connectivity index (χ0v) is 12.0. The molecule has 1 aromatic heterocycles. The largest absolute Gasteiger partial charge is 0.322 e. The average Bonchev–Trinajstić information content (AvgIpc) is 2.33. The SMILES string of the molecule is Cc1ncc(C(=O)Nc2ccc(Br)c(C)c2)c(=O)[nH]1. The molecule has 2 N–H and O–H groups in total. The summed E-state index contributed by atoms with van der Waals surface area (Å²) in [6, 6.07) is 5.41. The van der Waals surface area contributed by atoms with Gasteiger partial charge in [-0.2, -0.15) is 0 Å². The van der Waals surface area contributed by atoms with Gasteiger partial charge in [-0.1, -0.05) is 15.9 Å².